The van der Waals surface area contributed by atoms with Gasteiger partial charge >= 0.3 is 6.18 Å². The van der Waals surface area contributed by atoms with Gasteiger partial charge in [0.1, 0.15) is 0 Å². The number of amides is 1. The van der Waals surface area contributed by atoms with Gasteiger partial charge in [-0.15, -0.1) is 0 Å². The van der Waals surface area contributed by atoms with Crippen LogP contribution in [0.1, 0.15) is 30.4 Å². The average Bonchev–Trinajstić information content (AvgIpc) is 2.49. The van der Waals surface area contributed by atoms with Crippen LogP contribution in [0.2, 0.25) is 0 Å². The monoisotopic (exact) mass is 344 g/mol. The number of hydrogen-bond donors (Lipinski definition) is 2. The molecule has 0 bridgehead atoms. The summed E-state index contributed by atoms with van der Waals surface area (Å²) < 4.78 is 43.6. The summed E-state index contributed by atoms with van der Waals surface area (Å²) in [6.07, 6.45) is -2.40. The number of ether oxygens (including phenoxy) is 1. The zero-order valence-electron chi connectivity index (χ0n) is 13.7. The van der Waals surface area contributed by atoms with Crippen LogP contribution >= 0.6 is 0 Å². The zero-order chi connectivity index (χ0) is 17.6. The maximum Gasteiger partial charge on any atom is 0.416 e. The third-order valence-electron chi connectivity index (χ3n) is 4.45. The molecule has 4 nitrogen and oxygen atoms in total. The fourth-order valence-corrected chi connectivity index (χ4v) is 2.90. The average molecular weight is 344 g/mol. The summed E-state index contributed by atoms with van der Waals surface area (Å²) in [6, 6.07) is 5.13. The second-order valence-electron chi connectivity index (χ2n) is 6.01. The van der Waals surface area contributed by atoms with E-state index < -0.39 is 17.2 Å². The van der Waals surface area contributed by atoms with Crippen LogP contribution in [0.4, 0.5) is 13.2 Å². The van der Waals surface area contributed by atoms with E-state index in [0.29, 0.717) is 44.6 Å². The van der Waals surface area contributed by atoms with Gasteiger partial charge in [-0.1, -0.05) is 24.6 Å². The van der Waals surface area contributed by atoms with Gasteiger partial charge in [0.2, 0.25) is 5.91 Å². The van der Waals surface area contributed by atoms with Gasteiger partial charge in [-0.3, -0.25) is 4.79 Å². The first-order valence-electron chi connectivity index (χ1n) is 8.06. The fourth-order valence-electron chi connectivity index (χ4n) is 2.90. The van der Waals surface area contributed by atoms with E-state index in [2.05, 4.69) is 10.6 Å². The predicted molar refractivity (Wildman–Crippen MR) is 84.7 cm³/mol. The van der Waals surface area contributed by atoms with Gasteiger partial charge in [-0.2, -0.15) is 13.2 Å². The van der Waals surface area contributed by atoms with E-state index in [1.54, 1.807) is 13.2 Å². The summed E-state index contributed by atoms with van der Waals surface area (Å²) in [5.74, 6) is -0.193. The third-order valence-corrected chi connectivity index (χ3v) is 4.45. The largest absolute Gasteiger partial charge is 0.416 e. The van der Waals surface area contributed by atoms with Crippen LogP contribution in [0.3, 0.4) is 0 Å². The lowest BCUT2D eigenvalue weighted by atomic mass is 9.63. The highest BCUT2D eigenvalue weighted by atomic mass is 19.4. The Morgan fingerprint density at radius 1 is 1.25 bits per heavy atom. The van der Waals surface area contributed by atoms with Gasteiger partial charge in [0.05, 0.1) is 17.6 Å². The van der Waals surface area contributed by atoms with Crippen molar-refractivity contribution in [2.45, 2.75) is 30.9 Å². The first-order chi connectivity index (χ1) is 11.4. The van der Waals surface area contributed by atoms with Crippen LogP contribution in [0.15, 0.2) is 24.3 Å². The van der Waals surface area contributed by atoms with E-state index in [9.17, 15) is 18.0 Å². The van der Waals surface area contributed by atoms with Gasteiger partial charge in [0.15, 0.2) is 0 Å². The molecule has 134 valence electrons. The summed E-state index contributed by atoms with van der Waals surface area (Å²) >= 11 is 0. The Bertz CT molecular complexity index is 557. The van der Waals surface area contributed by atoms with Crippen molar-refractivity contribution in [1.29, 1.82) is 0 Å². The Kier molecular flexibility index (Phi) is 6.23. The van der Waals surface area contributed by atoms with Crippen LogP contribution in [-0.4, -0.2) is 39.3 Å². The number of hydrogen-bond acceptors (Lipinski definition) is 3. The first kappa shape index (κ1) is 18.7. The maximum absolute atomic E-state index is 12.9. The van der Waals surface area contributed by atoms with Crippen LogP contribution in [0.5, 0.6) is 0 Å². The van der Waals surface area contributed by atoms with Gasteiger partial charge in [-0.05, 0) is 24.5 Å². The molecule has 0 unspecified atom stereocenters. The summed E-state index contributed by atoms with van der Waals surface area (Å²) in [7, 11) is 1.61. The molecule has 1 aliphatic rings. The molecule has 1 aromatic rings. The summed E-state index contributed by atoms with van der Waals surface area (Å²) in [4.78, 5) is 12.6. The standard InChI is InChI=1S/C17H23F3N2O2/c1-24-11-10-21-8-9-22-15(23)16(6-3-7-16)13-4-2-5-14(12-13)17(18,19)20/h2,4-5,12,21H,3,6-11H2,1H3,(H,22,23). The van der Waals surface area contributed by atoms with Crippen molar-refractivity contribution < 1.29 is 22.7 Å². The Morgan fingerprint density at radius 2 is 2.00 bits per heavy atom. The van der Waals surface area contributed by atoms with Crippen LogP contribution < -0.4 is 10.6 Å². The van der Waals surface area contributed by atoms with Crippen LogP contribution in [0.25, 0.3) is 0 Å². The molecule has 0 saturated heterocycles. The van der Waals surface area contributed by atoms with Crippen molar-refractivity contribution in [2.75, 3.05) is 33.4 Å². The molecule has 2 rings (SSSR count). The molecular weight excluding hydrogens is 321 g/mol. The quantitative estimate of drug-likeness (QED) is 0.713. The summed E-state index contributed by atoms with van der Waals surface area (Å²) in [5.41, 5.74) is -1.08. The summed E-state index contributed by atoms with van der Waals surface area (Å²) in [6.45, 7) is 2.30. The van der Waals surface area contributed by atoms with Gasteiger partial charge in [-0.25, -0.2) is 0 Å². The lowest BCUT2D eigenvalue weighted by Gasteiger charge is -2.41. The molecule has 0 radical (unpaired) electrons. The van der Waals surface area contributed by atoms with Crippen LogP contribution in [0, 0.1) is 0 Å². The topological polar surface area (TPSA) is 50.4 Å². The molecule has 0 aromatic heterocycles. The van der Waals surface area contributed by atoms with Crippen molar-refractivity contribution >= 4 is 5.91 Å². The number of carbonyl (C=O) groups is 1. The Balaban J connectivity index is 1.99. The lowest BCUT2D eigenvalue weighted by Crippen LogP contribution is -2.50. The van der Waals surface area contributed by atoms with Crippen molar-refractivity contribution in [3.8, 4) is 0 Å². The van der Waals surface area contributed by atoms with E-state index in [4.69, 9.17) is 4.74 Å². The van der Waals surface area contributed by atoms with Gasteiger partial charge in [0, 0.05) is 26.7 Å². The Hall–Kier alpha value is -1.60. The number of halogens is 3. The molecule has 0 spiro atoms. The maximum atomic E-state index is 12.9. The predicted octanol–water partition coefficient (Wildman–Crippen LogP) is 2.48. The molecule has 1 aliphatic carbocycles. The highest BCUT2D eigenvalue weighted by Crippen LogP contribution is 2.45. The summed E-state index contributed by atoms with van der Waals surface area (Å²) in [5, 5.41) is 5.94. The van der Waals surface area contributed by atoms with E-state index in [-0.39, 0.29) is 5.91 Å². The number of alkyl halides is 3. The molecule has 7 heteroatoms. The van der Waals surface area contributed by atoms with E-state index >= 15 is 0 Å². The normalized spacial score (nSPS) is 16.5. The second kappa shape index (κ2) is 7.98. The Labute approximate surface area is 139 Å². The number of benzene rings is 1. The molecule has 1 amide bonds. The molecule has 2 N–H and O–H groups in total. The smallest absolute Gasteiger partial charge is 0.383 e. The highest BCUT2D eigenvalue weighted by Gasteiger charge is 2.46. The molecule has 1 aromatic carbocycles. The zero-order valence-corrected chi connectivity index (χ0v) is 13.7. The minimum Gasteiger partial charge on any atom is -0.383 e. The number of methoxy groups -OCH3 is 1. The SMILES string of the molecule is COCCNCCNC(=O)C1(c2cccc(C(F)(F)F)c2)CCC1. The van der Waals surface area contributed by atoms with Crippen molar-refractivity contribution in [1.82, 2.24) is 10.6 Å². The number of carbonyl (C=O) groups excluding carboxylic acids is 1. The molecule has 0 aliphatic heterocycles. The van der Waals surface area contributed by atoms with Crippen LogP contribution in [-0.2, 0) is 21.1 Å². The second-order valence-corrected chi connectivity index (χ2v) is 6.01. The fraction of sp³-hybridized carbons (Fsp3) is 0.588. The minimum absolute atomic E-state index is 0.193. The molecular formula is C17H23F3N2O2. The molecule has 1 saturated carbocycles. The van der Waals surface area contributed by atoms with E-state index in [0.717, 1.165) is 18.6 Å². The van der Waals surface area contributed by atoms with E-state index in [1.807, 2.05) is 0 Å². The lowest BCUT2D eigenvalue weighted by molar-refractivity contribution is -0.138. The van der Waals surface area contributed by atoms with Gasteiger partial charge in [0.25, 0.3) is 0 Å². The molecule has 0 heterocycles. The van der Waals surface area contributed by atoms with Crippen molar-refractivity contribution in [3.63, 3.8) is 0 Å². The number of nitrogens with one attached hydrogen (secondary N) is 2. The molecule has 24 heavy (non-hydrogen) atoms. The minimum atomic E-state index is -4.40. The Morgan fingerprint density at radius 3 is 2.58 bits per heavy atom. The van der Waals surface area contributed by atoms with Crippen molar-refractivity contribution in [2.24, 2.45) is 0 Å². The van der Waals surface area contributed by atoms with Crippen molar-refractivity contribution in [3.05, 3.63) is 35.4 Å². The van der Waals surface area contributed by atoms with E-state index in [1.165, 1.54) is 6.07 Å². The third kappa shape index (κ3) is 4.27. The molecule has 1 fully saturated rings. The van der Waals surface area contributed by atoms with Gasteiger partial charge < -0.3 is 15.4 Å². The number of rotatable bonds is 8. The highest BCUT2D eigenvalue weighted by molar-refractivity contribution is 5.89. The first-order valence-corrected chi connectivity index (χ1v) is 8.06. The molecule has 0 atom stereocenters.